The molecule has 1 atom stereocenters. The number of benzene rings is 1. The highest BCUT2D eigenvalue weighted by Gasteiger charge is 2.22. The van der Waals surface area contributed by atoms with Gasteiger partial charge in [-0.1, -0.05) is 12.1 Å². The average Bonchev–Trinajstić information content (AvgIpc) is 3.09. The van der Waals surface area contributed by atoms with Crippen LogP contribution >= 0.6 is 0 Å². The van der Waals surface area contributed by atoms with Crippen molar-refractivity contribution in [3.8, 4) is 5.75 Å². The molecule has 0 aliphatic rings. The number of carboxylic acid groups (broad SMARTS) is 1. The van der Waals surface area contributed by atoms with E-state index in [1.165, 1.54) is 37.0 Å². The summed E-state index contributed by atoms with van der Waals surface area (Å²) in [5.74, 6) is -2.15. The summed E-state index contributed by atoms with van der Waals surface area (Å²) in [6.45, 7) is 1.20. The van der Waals surface area contributed by atoms with Crippen LogP contribution in [-0.4, -0.2) is 55.9 Å². The van der Waals surface area contributed by atoms with Gasteiger partial charge in [0.05, 0.1) is 30.3 Å². The minimum absolute atomic E-state index is 0.0628. The number of primary amides is 1. The minimum atomic E-state index is -1.48. The third-order valence-electron chi connectivity index (χ3n) is 4.59. The van der Waals surface area contributed by atoms with E-state index in [2.05, 4.69) is 10.1 Å². The smallest absolute Gasteiger partial charge is 0.339 e. The number of hydrogen-bond donors (Lipinski definition) is 3. The van der Waals surface area contributed by atoms with Crippen LogP contribution in [0.5, 0.6) is 5.75 Å². The maximum absolute atomic E-state index is 11.6. The third-order valence-corrected chi connectivity index (χ3v) is 4.59. The van der Waals surface area contributed by atoms with Gasteiger partial charge in [-0.25, -0.2) is 4.79 Å². The van der Waals surface area contributed by atoms with Gasteiger partial charge < -0.3 is 20.7 Å². The number of amides is 1. The quantitative estimate of drug-likeness (QED) is 0.457. The van der Waals surface area contributed by atoms with Crippen LogP contribution in [0.25, 0.3) is 23.1 Å². The highest BCUT2D eigenvalue weighted by molar-refractivity contribution is 6.03. The number of Topliss-reactive ketones (excluding diaryl/α,β-unsaturated/α-hetero) is 1. The minimum Gasteiger partial charge on any atom is -0.495 e. The lowest BCUT2D eigenvalue weighted by Crippen LogP contribution is -2.32. The van der Waals surface area contributed by atoms with Gasteiger partial charge in [0.1, 0.15) is 17.0 Å². The molecule has 3 aromatic rings. The van der Waals surface area contributed by atoms with Gasteiger partial charge in [0, 0.05) is 13.1 Å². The number of aliphatic hydroxyl groups is 1. The van der Waals surface area contributed by atoms with Crippen molar-refractivity contribution < 1.29 is 29.3 Å². The lowest BCUT2D eigenvalue weighted by Gasteiger charge is -2.09. The molecule has 0 radical (unpaired) electrons. The Balaban J connectivity index is 2.13. The fourth-order valence-corrected chi connectivity index (χ4v) is 3.05. The van der Waals surface area contributed by atoms with E-state index in [0.29, 0.717) is 27.9 Å². The molecule has 0 spiro atoms. The summed E-state index contributed by atoms with van der Waals surface area (Å²) in [6.07, 6.45) is 3.34. The molecule has 0 aliphatic carbocycles. The summed E-state index contributed by atoms with van der Waals surface area (Å²) in [5.41, 5.74) is 6.89. The third kappa shape index (κ3) is 4.43. The van der Waals surface area contributed by atoms with Gasteiger partial charge in [0.2, 0.25) is 5.91 Å². The first-order valence-electron chi connectivity index (χ1n) is 9.16. The zero-order chi connectivity index (χ0) is 22.7. The largest absolute Gasteiger partial charge is 0.495 e. The molecule has 0 saturated carbocycles. The van der Waals surface area contributed by atoms with E-state index >= 15 is 0 Å². The number of rotatable bonds is 8. The number of methoxy groups -OCH3 is 1. The molecule has 0 saturated heterocycles. The predicted molar refractivity (Wildman–Crippen MR) is 112 cm³/mol. The molecule has 0 aliphatic heterocycles. The molecule has 1 amide bonds. The number of aromatic carboxylic acids is 1. The second kappa shape index (κ2) is 8.76. The van der Waals surface area contributed by atoms with Crippen LogP contribution in [-0.2, 0) is 11.3 Å². The second-order valence-electron chi connectivity index (χ2n) is 6.70. The molecule has 3 rings (SSSR count). The van der Waals surface area contributed by atoms with Gasteiger partial charge in [-0.05, 0) is 29.8 Å². The Morgan fingerprint density at radius 2 is 1.97 bits per heavy atom. The number of hydrogen-bond acceptors (Lipinski definition) is 7. The summed E-state index contributed by atoms with van der Waals surface area (Å²) in [5, 5.41) is 24.2. The van der Waals surface area contributed by atoms with Crippen LogP contribution in [0, 0.1) is 0 Å². The van der Waals surface area contributed by atoms with Crippen molar-refractivity contribution in [1.29, 1.82) is 0 Å². The molecular weight excluding hydrogens is 404 g/mol. The van der Waals surface area contributed by atoms with E-state index in [1.807, 2.05) is 0 Å². The standard InChI is InChI=1S/C21H20N4O6/c1-11(26)14-6-3-12(9-23-14)4-7-15-18-16(25(24-15)10-17(27)20(22)28)8-5-13(21(29)30)19(18)31-2/h3-9,17,27H,10H2,1-2H3,(H2,22,28)(H,29,30). The summed E-state index contributed by atoms with van der Waals surface area (Å²) < 4.78 is 6.71. The Morgan fingerprint density at radius 3 is 2.52 bits per heavy atom. The van der Waals surface area contributed by atoms with Gasteiger partial charge >= 0.3 is 5.97 Å². The normalized spacial score (nSPS) is 12.2. The van der Waals surface area contributed by atoms with Crippen molar-refractivity contribution in [2.75, 3.05) is 7.11 Å². The number of carboxylic acids is 1. The average molecular weight is 424 g/mol. The molecule has 1 unspecified atom stereocenters. The number of nitrogens with two attached hydrogens (primary N) is 1. The van der Waals surface area contributed by atoms with Crippen LogP contribution in [0.4, 0.5) is 0 Å². The van der Waals surface area contributed by atoms with Crippen molar-refractivity contribution in [2.45, 2.75) is 19.6 Å². The molecule has 1 aromatic carbocycles. The van der Waals surface area contributed by atoms with Crippen molar-refractivity contribution in [3.63, 3.8) is 0 Å². The van der Waals surface area contributed by atoms with E-state index in [0.717, 1.165) is 0 Å². The number of nitrogens with zero attached hydrogens (tertiary/aromatic N) is 3. The lowest BCUT2D eigenvalue weighted by atomic mass is 10.1. The monoisotopic (exact) mass is 424 g/mol. The highest BCUT2D eigenvalue weighted by Crippen LogP contribution is 2.33. The van der Waals surface area contributed by atoms with Gasteiger partial charge in [-0.15, -0.1) is 0 Å². The first-order chi connectivity index (χ1) is 14.7. The van der Waals surface area contributed by atoms with Crippen molar-refractivity contribution in [1.82, 2.24) is 14.8 Å². The Kier molecular flexibility index (Phi) is 6.12. The molecule has 2 aromatic heterocycles. The second-order valence-corrected chi connectivity index (χ2v) is 6.70. The fraction of sp³-hybridized carbons (Fsp3) is 0.190. The van der Waals surface area contributed by atoms with E-state index in [9.17, 15) is 24.6 Å². The molecule has 2 heterocycles. The van der Waals surface area contributed by atoms with Crippen LogP contribution in [0.15, 0.2) is 30.5 Å². The van der Waals surface area contributed by atoms with E-state index < -0.39 is 18.0 Å². The molecule has 31 heavy (non-hydrogen) atoms. The number of carbonyl (C=O) groups excluding carboxylic acids is 2. The number of aromatic nitrogens is 3. The maximum atomic E-state index is 11.6. The van der Waals surface area contributed by atoms with Gasteiger partial charge in [0.15, 0.2) is 11.9 Å². The Morgan fingerprint density at radius 1 is 1.23 bits per heavy atom. The van der Waals surface area contributed by atoms with E-state index in [1.54, 1.807) is 24.3 Å². The van der Waals surface area contributed by atoms with Gasteiger partial charge in [0.25, 0.3) is 0 Å². The number of aliphatic hydroxyl groups excluding tert-OH is 1. The number of ketones is 1. The number of carbonyl (C=O) groups is 3. The van der Waals surface area contributed by atoms with Crippen LogP contribution in [0.2, 0.25) is 0 Å². The van der Waals surface area contributed by atoms with E-state index in [-0.39, 0.29) is 23.6 Å². The number of ether oxygens (including phenoxy) is 1. The number of fused-ring (bicyclic) bond motifs is 1. The first kappa shape index (κ1) is 21.7. The lowest BCUT2D eigenvalue weighted by molar-refractivity contribution is -0.126. The molecule has 0 bridgehead atoms. The Labute approximate surface area is 176 Å². The van der Waals surface area contributed by atoms with Gasteiger partial charge in [-0.2, -0.15) is 5.10 Å². The molecule has 10 heteroatoms. The van der Waals surface area contributed by atoms with Crippen molar-refractivity contribution >= 4 is 40.7 Å². The summed E-state index contributed by atoms with van der Waals surface area (Å²) in [4.78, 5) is 38.3. The highest BCUT2D eigenvalue weighted by atomic mass is 16.5. The zero-order valence-corrected chi connectivity index (χ0v) is 16.8. The molecular formula is C21H20N4O6. The zero-order valence-electron chi connectivity index (χ0n) is 16.8. The van der Waals surface area contributed by atoms with Gasteiger partial charge in [-0.3, -0.25) is 19.3 Å². The molecule has 10 nitrogen and oxygen atoms in total. The predicted octanol–water partition coefficient (Wildman–Crippen LogP) is 1.36. The molecule has 0 fully saturated rings. The van der Waals surface area contributed by atoms with Crippen LogP contribution < -0.4 is 10.5 Å². The van der Waals surface area contributed by atoms with E-state index in [4.69, 9.17) is 10.5 Å². The molecule has 160 valence electrons. The fourth-order valence-electron chi connectivity index (χ4n) is 3.05. The first-order valence-corrected chi connectivity index (χ1v) is 9.16. The van der Waals surface area contributed by atoms with Crippen LogP contribution in [0.1, 0.15) is 39.0 Å². The summed E-state index contributed by atoms with van der Waals surface area (Å²) in [6, 6.07) is 6.17. The maximum Gasteiger partial charge on any atom is 0.339 e. The topological polar surface area (TPSA) is 158 Å². The van der Waals surface area contributed by atoms with Crippen LogP contribution in [0.3, 0.4) is 0 Å². The van der Waals surface area contributed by atoms with Crippen molar-refractivity contribution in [2.24, 2.45) is 5.73 Å². The molecule has 4 N–H and O–H groups in total. The van der Waals surface area contributed by atoms with Crippen molar-refractivity contribution in [3.05, 3.63) is 53.0 Å². The number of pyridine rings is 1. The Hall–Kier alpha value is -4.05. The summed E-state index contributed by atoms with van der Waals surface area (Å²) >= 11 is 0. The Bertz CT molecular complexity index is 1200. The SMILES string of the molecule is COc1c(C(=O)O)ccc2c1c(C=Cc1ccc(C(C)=O)nc1)nn2CC(O)C(N)=O. The summed E-state index contributed by atoms with van der Waals surface area (Å²) in [7, 11) is 1.34.